The van der Waals surface area contributed by atoms with Crippen molar-refractivity contribution in [3.8, 4) is 11.1 Å². The Morgan fingerprint density at radius 1 is 0.800 bits per heavy atom. The van der Waals surface area contributed by atoms with Gasteiger partial charge in [-0.25, -0.2) is 0 Å². The Hall–Kier alpha value is -1.50. The van der Waals surface area contributed by atoms with Gasteiger partial charge in [0, 0.05) is 0 Å². The van der Waals surface area contributed by atoms with Crippen molar-refractivity contribution in [1.82, 2.24) is 0 Å². The molecule has 2 aromatic carbocycles. The molecule has 0 radical (unpaired) electrons. The van der Waals surface area contributed by atoms with Crippen LogP contribution in [0, 0.1) is 13.8 Å². The Morgan fingerprint density at radius 2 is 1.47 bits per heavy atom. The summed E-state index contributed by atoms with van der Waals surface area (Å²) >= 11 is 0. The molecule has 0 bridgehead atoms. The second-order valence-corrected chi connectivity index (χ2v) is 4.06. The summed E-state index contributed by atoms with van der Waals surface area (Å²) in [7, 11) is 2.16. The van der Waals surface area contributed by atoms with Crippen molar-refractivity contribution in [2.24, 2.45) is 0 Å². The normalized spacial score (nSPS) is 10.3. The van der Waals surface area contributed by atoms with Crippen molar-refractivity contribution in [3.05, 3.63) is 53.6 Å². The van der Waals surface area contributed by atoms with E-state index in [1.807, 2.05) is 0 Å². The van der Waals surface area contributed by atoms with Crippen LogP contribution in [0.5, 0.6) is 0 Å². The third kappa shape index (κ3) is 1.82. The molecular weight excluding hydrogens is 179 g/mol. The maximum absolute atomic E-state index is 2.20. The first-order valence-electron chi connectivity index (χ1n) is 5.32. The summed E-state index contributed by atoms with van der Waals surface area (Å²) in [4.78, 5) is 0. The zero-order chi connectivity index (χ0) is 10.8. The maximum Gasteiger partial charge on any atom is 0.140 e. The number of aryl methyl sites for hydroxylation is 1. The molecule has 0 aliphatic carbocycles. The van der Waals surface area contributed by atoms with E-state index in [4.69, 9.17) is 0 Å². The van der Waals surface area contributed by atoms with Crippen molar-refractivity contribution in [2.45, 2.75) is 13.8 Å². The average Bonchev–Trinajstić information content (AvgIpc) is 2.23. The third-order valence-electron chi connectivity index (χ3n) is 3.04. The van der Waals surface area contributed by atoms with Gasteiger partial charge in [-0.05, 0) is 36.1 Å². The van der Waals surface area contributed by atoms with Crippen LogP contribution in [0.2, 0.25) is 0 Å². The van der Waals surface area contributed by atoms with Crippen LogP contribution in [0.25, 0.3) is 11.1 Å². The lowest BCUT2D eigenvalue weighted by Gasteiger charge is -2.11. The van der Waals surface area contributed by atoms with Crippen LogP contribution < -0.4 is 5.46 Å². The van der Waals surface area contributed by atoms with Gasteiger partial charge in [-0.2, -0.15) is 0 Å². The second kappa shape index (κ2) is 3.94. The molecule has 0 nitrogen and oxygen atoms in total. The second-order valence-electron chi connectivity index (χ2n) is 4.06. The van der Waals surface area contributed by atoms with Crippen molar-refractivity contribution in [2.75, 3.05) is 0 Å². The first-order valence-corrected chi connectivity index (χ1v) is 5.32. The van der Waals surface area contributed by atoms with Crippen molar-refractivity contribution < 1.29 is 0 Å². The maximum atomic E-state index is 2.20. The highest BCUT2D eigenvalue weighted by Crippen LogP contribution is 2.23. The first-order chi connectivity index (χ1) is 7.20. The number of rotatable bonds is 1. The zero-order valence-electron chi connectivity index (χ0n) is 9.54. The van der Waals surface area contributed by atoms with Crippen LogP contribution in [0.1, 0.15) is 11.1 Å². The van der Waals surface area contributed by atoms with Gasteiger partial charge in [0.25, 0.3) is 0 Å². The van der Waals surface area contributed by atoms with Gasteiger partial charge in [0.15, 0.2) is 0 Å². The van der Waals surface area contributed by atoms with E-state index in [1.54, 1.807) is 0 Å². The van der Waals surface area contributed by atoms with Crippen LogP contribution >= 0.6 is 0 Å². The summed E-state index contributed by atoms with van der Waals surface area (Å²) in [6.07, 6.45) is 0. The fraction of sp³-hybridized carbons (Fsp3) is 0.143. The molecule has 0 aliphatic rings. The summed E-state index contributed by atoms with van der Waals surface area (Å²) in [5, 5.41) is 0. The van der Waals surface area contributed by atoms with Crippen LogP contribution in [-0.2, 0) is 0 Å². The Bertz CT molecular complexity index is 486. The molecule has 0 fully saturated rings. The number of benzene rings is 2. The van der Waals surface area contributed by atoms with E-state index >= 15 is 0 Å². The molecule has 0 aliphatic heterocycles. The molecule has 0 unspecified atom stereocenters. The molecule has 0 atom stereocenters. The third-order valence-corrected chi connectivity index (χ3v) is 3.04. The molecule has 74 valence electrons. The molecule has 2 aromatic rings. The summed E-state index contributed by atoms with van der Waals surface area (Å²) in [6.45, 7) is 4.36. The van der Waals surface area contributed by atoms with E-state index in [0.717, 1.165) is 0 Å². The van der Waals surface area contributed by atoms with Crippen LogP contribution in [0.4, 0.5) is 0 Å². The Morgan fingerprint density at radius 3 is 2.20 bits per heavy atom. The molecule has 15 heavy (non-hydrogen) atoms. The van der Waals surface area contributed by atoms with Crippen molar-refractivity contribution >= 4 is 13.3 Å². The fourth-order valence-corrected chi connectivity index (χ4v) is 1.92. The smallest absolute Gasteiger partial charge is 0.0813 e. The molecule has 0 spiro atoms. The summed E-state index contributed by atoms with van der Waals surface area (Å²) in [5.41, 5.74) is 6.78. The minimum Gasteiger partial charge on any atom is -0.0813 e. The molecule has 0 saturated carbocycles. The lowest BCUT2D eigenvalue weighted by Crippen LogP contribution is -2.06. The van der Waals surface area contributed by atoms with Crippen molar-refractivity contribution in [3.63, 3.8) is 0 Å². The topological polar surface area (TPSA) is 0 Å². The lowest BCUT2D eigenvalue weighted by atomic mass is 9.85. The van der Waals surface area contributed by atoms with Crippen molar-refractivity contribution in [1.29, 1.82) is 0 Å². The molecule has 0 amide bonds. The van der Waals surface area contributed by atoms with Gasteiger partial charge in [0.2, 0.25) is 0 Å². The van der Waals surface area contributed by atoms with Crippen LogP contribution in [0.3, 0.4) is 0 Å². The predicted molar refractivity (Wildman–Crippen MR) is 69.5 cm³/mol. The number of hydrogen-bond donors (Lipinski definition) is 0. The van der Waals surface area contributed by atoms with Gasteiger partial charge in [-0.1, -0.05) is 47.9 Å². The molecule has 0 aromatic heterocycles. The Kier molecular flexibility index (Phi) is 2.63. The highest BCUT2D eigenvalue weighted by molar-refractivity contribution is 6.36. The summed E-state index contributed by atoms with van der Waals surface area (Å²) < 4.78 is 0. The van der Waals surface area contributed by atoms with E-state index in [1.165, 1.54) is 27.7 Å². The molecule has 0 N–H and O–H groups in total. The van der Waals surface area contributed by atoms with Crippen LogP contribution in [-0.4, -0.2) is 7.85 Å². The SMILES string of the molecule is Bc1ccccc1-c1cccc(C)c1C. The van der Waals surface area contributed by atoms with E-state index < -0.39 is 0 Å². The van der Waals surface area contributed by atoms with Gasteiger partial charge < -0.3 is 0 Å². The largest absolute Gasteiger partial charge is 0.140 e. The summed E-state index contributed by atoms with van der Waals surface area (Å²) in [6, 6.07) is 15.0. The van der Waals surface area contributed by atoms with Gasteiger partial charge in [0.05, 0.1) is 0 Å². The Labute approximate surface area is 92.4 Å². The molecule has 0 heterocycles. The quantitative estimate of drug-likeness (QED) is 0.610. The fourth-order valence-electron chi connectivity index (χ4n) is 1.92. The Balaban J connectivity index is 2.65. The minimum atomic E-state index is 1.34. The monoisotopic (exact) mass is 194 g/mol. The minimum absolute atomic E-state index is 1.34. The highest BCUT2D eigenvalue weighted by Gasteiger charge is 2.04. The average molecular weight is 194 g/mol. The van der Waals surface area contributed by atoms with Crippen LogP contribution in [0.15, 0.2) is 42.5 Å². The molecule has 1 heteroatoms. The number of hydrogen-bond acceptors (Lipinski definition) is 0. The van der Waals surface area contributed by atoms with E-state index in [-0.39, 0.29) is 0 Å². The van der Waals surface area contributed by atoms with Gasteiger partial charge in [-0.15, -0.1) is 0 Å². The zero-order valence-corrected chi connectivity index (χ0v) is 9.54. The molecule has 2 rings (SSSR count). The molecular formula is C14H15B. The standard InChI is InChI=1S/C14H15B/c1-10-6-5-8-12(11(10)2)13-7-3-4-9-14(13)15/h3-9H,15H2,1-2H3. The predicted octanol–water partition coefficient (Wildman–Crippen LogP) is 2.23. The van der Waals surface area contributed by atoms with Gasteiger partial charge in [-0.3, -0.25) is 0 Å². The first kappa shape index (κ1) is 10.0. The lowest BCUT2D eigenvalue weighted by molar-refractivity contribution is 1.34. The van der Waals surface area contributed by atoms with E-state index in [2.05, 4.69) is 64.2 Å². The van der Waals surface area contributed by atoms with Gasteiger partial charge >= 0.3 is 0 Å². The van der Waals surface area contributed by atoms with Gasteiger partial charge in [0.1, 0.15) is 7.85 Å². The highest BCUT2D eigenvalue weighted by atomic mass is 14.1. The molecule has 0 saturated heterocycles. The summed E-state index contributed by atoms with van der Waals surface area (Å²) in [5.74, 6) is 0. The van der Waals surface area contributed by atoms with E-state index in [0.29, 0.717) is 0 Å². The van der Waals surface area contributed by atoms with E-state index in [9.17, 15) is 0 Å².